The van der Waals surface area contributed by atoms with Crippen molar-refractivity contribution in [1.29, 1.82) is 0 Å². The van der Waals surface area contributed by atoms with E-state index < -0.39 is 5.82 Å². The largest absolute Gasteiger partial charge is 0.493 e. The van der Waals surface area contributed by atoms with Crippen molar-refractivity contribution >= 4 is 45.8 Å². The summed E-state index contributed by atoms with van der Waals surface area (Å²) in [5, 5.41) is 4.02. The molecule has 0 unspecified atom stereocenters. The molecule has 0 fully saturated rings. The molecule has 1 heterocycles. The zero-order valence-corrected chi connectivity index (χ0v) is 17.2. The van der Waals surface area contributed by atoms with Crippen LogP contribution >= 0.6 is 23.4 Å². The number of halogens is 2. The maximum atomic E-state index is 14.1. The molecule has 5 nitrogen and oxygen atoms in total. The summed E-state index contributed by atoms with van der Waals surface area (Å²) in [6.45, 7) is 2.74. The zero-order valence-electron chi connectivity index (χ0n) is 15.7. The van der Waals surface area contributed by atoms with Crippen LogP contribution in [-0.2, 0) is 0 Å². The van der Waals surface area contributed by atoms with Crippen LogP contribution in [0.2, 0.25) is 5.02 Å². The molecule has 28 heavy (non-hydrogen) atoms. The Balaban J connectivity index is 1.87. The van der Waals surface area contributed by atoms with Crippen molar-refractivity contribution in [2.45, 2.75) is 13.3 Å². The first-order valence-electron chi connectivity index (χ1n) is 8.87. The van der Waals surface area contributed by atoms with Crippen molar-refractivity contribution in [2.24, 2.45) is 0 Å². The van der Waals surface area contributed by atoms with Crippen LogP contribution in [0.4, 0.5) is 15.9 Å². The maximum Gasteiger partial charge on any atom is 0.163 e. The number of hydrogen-bond acceptors (Lipinski definition) is 6. The van der Waals surface area contributed by atoms with E-state index in [-0.39, 0.29) is 5.69 Å². The van der Waals surface area contributed by atoms with E-state index in [1.807, 2.05) is 17.8 Å². The van der Waals surface area contributed by atoms with Gasteiger partial charge in [-0.2, -0.15) is 11.8 Å². The molecule has 0 saturated heterocycles. The molecular weight excluding hydrogens is 401 g/mol. The molecule has 2 aromatic carbocycles. The summed E-state index contributed by atoms with van der Waals surface area (Å²) in [6, 6.07) is 8.03. The van der Waals surface area contributed by atoms with E-state index in [4.69, 9.17) is 21.1 Å². The normalized spacial score (nSPS) is 10.9. The van der Waals surface area contributed by atoms with Gasteiger partial charge in [0.2, 0.25) is 0 Å². The number of anilines is 2. The highest BCUT2D eigenvalue weighted by atomic mass is 35.5. The van der Waals surface area contributed by atoms with E-state index in [2.05, 4.69) is 22.2 Å². The fraction of sp³-hybridized carbons (Fsp3) is 0.300. The number of thioether (sulfide) groups is 1. The second-order valence-corrected chi connectivity index (χ2v) is 7.72. The minimum Gasteiger partial charge on any atom is -0.493 e. The van der Waals surface area contributed by atoms with E-state index in [0.717, 1.165) is 17.9 Å². The van der Waals surface area contributed by atoms with Crippen LogP contribution in [0.15, 0.2) is 36.7 Å². The average Bonchev–Trinajstić information content (AvgIpc) is 2.69. The van der Waals surface area contributed by atoms with E-state index >= 15 is 0 Å². The van der Waals surface area contributed by atoms with Crippen molar-refractivity contribution in [3.05, 3.63) is 47.5 Å². The molecule has 8 heteroatoms. The molecule has 0 aliphatic rings. The van der Waals surface area contributed by atoms with Crippen molar-refractivity contribution in [3.8, 4) is 11.5 Å². The lowest BCUT2D eigenvalue weighted by atomic mass is 10.2. The van der Waals surface area contributed by atoms with E-state index in [1.165, 1.54) is 12.4 Å². The number of benzene rings is 2. The van der Waals surface area contributed by atoms with Gasteiger partial charge < -0.3 is 14.8 Å². The monoisotopic (exact) mass is 421 g/mol. The number of nitrogens with one attached hydrogen (secondary N) is 1. The van der Waals surface area contributed by atoms with E-state index in [0.29, 0.717) is 39.8 Å². The van der Waals surface area contributed by atoms with Crippen molar-refractivity contribution in [3.63, 3.8) is 0 Å². The average molecular weight is 422 g/mol. The molecule has 0 amide bonds. The Morgan fingerprint density at radius 3 is 2.79 bits per heavy atom. The molecule has 0 atom stereocenters. The van der Waals surface area contributed by atoms with Crippen molar-refractivity contribution in [1.82, 2.24) is 9.97 Å². The summed E-state index contributed by atoms with van der Waals surface area (Å²) in [5.41, 5.74) is 0.947. The van der Waals surface area contributed by atoms with Gasteiger partial charge in [0.15, 0.2) is 11.5 Å². The molecule has 0 aliphatic carbocycles. The minimum atomic E-state index is -0.462. The Hall–Kier alpha value is -2.25. The number of hydrogen-bond donors (Lipinski definition) is 1. The smallest absolute Gasteiger partial charge is 0.163 e. The second kappa shape index (κ2) is 9.80. The Morgan fingerprint density at radius 1 is 1.18 bits per heavy atom. The quantitative estimate of drug-likeness (QED) is 0.447. The highest BCUT2D eigenvalue weighted by Gasteiger charge is 2.13. The third kappa shape index (κ3) is 4.97. The van der Waals surface area contributed by atoms with Crippen LogP contribution in [0.25, 0.3) is 10.9 Å². The lowest BCUT2D eigenvalue weighted by Gasteiger charge is -2.14. The Morgan fingerprint density at radius 2 is 2.04 bits per heavy atom. The number of methoxy groups -OCH3 is 1. The summed E-state index contributed by atoms with van der Waals surface area (Å²) in [7, 11) is 1.58. The number of fused-ring (bicyclic) bond motifs is 1. The zero-order chi connectivity index (χ0) is 19.9. The van der Waals surface area contributed by atoms with Gasteiger partial charge in [0.1, 0.15) is 18.0 Å². The van der Waals surface area contributed by atoms with Gasteiger partial charge in [-0.3, -0.25) is 0 Å². The number of nitrogens with zero attached hydrogens (tertiary/aromatic N) is 2. The highest BCUT2D eigenvalue weighted by molar-refractivity contribution is 7.99. The van der Waals surface area contributed by atoms with E-state index in [1.54, 1.807) is 25.3 Å². The molecule has 0 spiro atoms. The van der Waals surface area contributed by atoms with E-state index in [9.17, 15) is 4.39 Å². The summed E-state index contributed by atoms with van der Waals surface area (Å²) >= 11 is 7.70. The molecular formula is C20H21ClFN3O2S. The van der Waals surface area contributed by atoms with Gasteiger partial charge in [-0.15, -0.1) is 0 Å². The topological polar surface area (TPSA) is 56.3 Å². The lowest BCUT2D eigenvalue weighted by molar-refractivity contribution is 0.296. The third-order valence-electron chi connectivity index (χ3n) is 4.00. The van der Waals surface area contributed by atoms with Crippen LogP contribution in [0.1, 0.15) is 13.3 Å². The second-order valence-electron chi connectivity index (χ2n) is 5.89. The van der Waals surface area contributed by atoms with Gasteiger partial charge in [0.25, 0.3) is 0 Å². The van der Waals surface area contributed by atoms with Gasteiger partial charge >= 0.3 is 0 Å². The van der Waals surface area contributed by atoms with Gasteiger partial charge in [-0.05, 0) is 42.2 Å². The van der Waals surface area contributed by atoms with Crippen LogP contribution in [0.5, 0.6) is 11.5 Å². The summed E-state index contributed by atoms with van der Waals surface area (Å²) in [6.07, 6.45) is 2.37. The van der Waals surface area contributed by atoms with Crippen LogP contribution in [0, 0.1) is 5.82 Å². The number of ether oxygens (including phenoxy) is 2. The van der Waals surface area contributed by atoms with Crippen LogP contribution in [-0.4, -0.2) is 35.2 Å². The molecule has 148 valence electrons. The summed E-state index contributed by atoms with van der Waals surface area (Å²) in [4.78, 5) is 8.55. The molecule has 1 aromatic heterocycles. The number of aromatic nitrogens is 2. The molecule has 3 rings (SSSR count). The Bertz CT molecular complexity index is 958. The number of rotatable bonds is 9. The maximum absolute atomic E-state index is 14.1. The molecule has 3 aromatic rings. The first-order chi connectivity index (χ1) is 13.6. The predicted octanol–water partition coefficient (Wildman–Crippen LogP) is 5.70. The summed E-state index contributed by atoms with van der Waals surface area (Å²) < 4.78 is 25.5. The van der Waals surface area contributed by atoms with Crippen LogP contribution < -0.4 is 14.8 Å². The van der Waals surface area contributed by atoms with Gasteiger partial charge in [0.05, 0.1) is 24.9 Å². The third-order valence-corrected chi connectivity index (χ3v) is 5.22. The highest BCUT2D eigenvalue weighted by Crippen LogP contribution is 2.35. The molecule has 0 radical (unpaired) electrons. The fourth-order valence-electron chi connectivity index (χ4n) is 2.64. The fourth-order valence-corrected chi connectivity index (χ4v) is 3.41. The van der Waals surface area contributed by atoms with Gasteiger partial charge in [0, 0.05) is 16.5 Å². The molecule has 1 N–H and O–H groups in total. The first kappa shape index (κ1) is 20.5. The van der Waals surface area contributed by atoms with Crippen molar-refractivity contribution < 1.29 is 13.9 Å². The van der Waals surface area contributed by atoms with Crippen LogP contribution in [0.3, 0.4) is 0 Å². The first-order valence-corrected chi connectivity index (χ1v) is 10.4. The molecule has 0 aliphatic heterocycles. The molecule has 0 bridgehead atoms. The SMILES string of the molecule is CCSCCCOc1cc2ncnc(Nc3ccc(Cl)cc3F)c2cc1OC. The van der Waals surface area contributed by atoms with Crippen molar-refractivity contribution in [2.75, 3.05) is 30.5 Å². The Kier molecular flexibility index (Phi) is 7.17. The van der Waals surface area contributed by atoms with Gasteiger partial charge in [-0.1, -0.05) is 18.5 Å². The molecule has 0 saturated carbocycles. The van der Waals surface area contributed by atoms with Gasteiger partial charge in [-0.25, -0.2) is 14.4 Å². The Labute approximate surface area is 172 Å². The standard InChI is InChI=1S/C20H21ClFN3O2S/c1-3-28-8-4-7-27-19-11-17-14(10-18(19)26-2)20(24-12-23-17)25-16-6-5-13(21)9-15(16)22/h5-6,9-12H,3-4,7-8H2,1-2H3,(H,23,24,25). The predicted molar refractivity (Wildman–Crippen MR) is 114 cm³/mol. The summed E-state index contributed by atoms with van der Waals surface area (Å²) in [5.74, 6) is 3.35. The minimum absolute atomic E-state index is 0.275. The lowest BCUT2D eigenvalue weighted by Crippen LogP contribution is -2.02.